The second kappa shape index (κ2) is 11.1. The number of carbonyl (C=O) groups is 2. The van der Waals surface area contributed by atoms with E-state index in [1.165, 1.54) is 0 Å². The van der Waals surface area contributed by atoms with Gasteiger partial charge in [-0.05, 0) is 49.6 Å². The molecule has 2 N–H and O–H groups in total. The summed E-state index contributed by atoms with van der Waals surface area (Å²) < 4.78 is 0. The monoisotopic (exact) mass is 427 g/mol. The lowest BCUT2D eigenvalue weighted by molar-refractivity contribution is -0.121. The maximum Gasteiger partial charge on any atom is 0.253 e. The molecule has 6 heteroatoms. The highest BCUT2D eigenvalue weighted by Gasteiger charge is 2.27. The lowest BCUT2D eigenvalue weighted by atomic mass is 9.96. The third-order valence-electron chi connectivity index (χ3n) is 5.47. The predicted octanol–water partition coefficient (Wildman–Crippen LogP) is 4.72. The molecule has 1 aliphatic rings. The quantitative estimate of drug-likeness (QED) is 0.599. The molecule has 1 heterocycles. The molecule has 2 amide bonds. The van der Waals surface area contributed by atoms with E-state index in [0.717, 1.165) is 49.4 Å². The minimum atomic E-state index is -0.150. The van der Waals surface area contributed by atoms with Crippen LogP contribution in [0.5, 0.6) is 0 Å². The molecule has 30 heavy (non-hydrogen) atoms. The Morgan fingerprint density at radius 3 is 2.70 bits per heavy atom. The average molecular weight is 428 g/mol. The van der Waals surface area contributed by atoms with Crippen molar-refractivity contribution in [3.8, 4) is 0 Å². The number of para-hydroxylation sites is 1. The van der Waals surface area contributed by atoms with E-state index < -0.39 is 0 Å². The largest absolute Gasteiger partial charge is 0.352 e. The molecule has 0 spiro atoms. The molecule has 0 bridgehead atoms. The molecule has 3 rings (SSSR count). The minimum absolute atomic E-state index is 0.0346. The fraction of sp³-hybridized carbons (Fsp3) is 0.417. The van der Waals surface area contributed by atoms with Crippen LogP contribution in [0.3, 0.4) is 0 Å². The molecule has 5 nitrogen and oxygen atoms in total. The Hall–Kier alpha value is -2.37. The molecule has 0 radical (unpaired) electrons. The maximum atomic E-state index is 13.0. The Labute approximate surface area is 183 Å². The number of hydrogen-bond donors (Lipinski definition) is 2. The van der Waals surface area contributed by atoms with Crippen LogP contribution in [0.25, 0.3) is 0 Å². The van der Waals surface area contributed by atoms with Gasteiger partial charge in [0.2, 0.25) is 5.91 Å². The van der Waals surface area contributed by atoms with Crippen molar-refractivity contribution in [2.45, 2.75) is 39.2 Å². The number of carbonyl (C=O) groups excluding carboxylic acids is 2. The van der Waals surface area contributed by atoms with E-state index in [1.54, 1.807) is 12.1 Å². The van der Waals surface area contributed by atoms with Crippen LogP contribution in [0.15, 0.2) is 48.5 Å². The van der Waals surface area contributed by atoms with Crippen molar-refractivity contribution in [3.63, 3.8) is 0 Å². The maximum absolute atomic E-state index is 13.0. The number of unbranched alkanes of at least 4 members (excludes halogenated alkanes) is 1. The third kappa shape index (κ3) is 6.07. The minimum Gasteiger partial charge on any atom is -0.352 e. The van der Waals surface area contributed by atoms with E-state index in [2.05, 4.69) is 22.5 Å². The second-order valence-corrected chi connectivity index (χ2v) is 8.22. The van der Waals surface area contributed by atoms with Crippen LogP contribution >= 0.6 is 11.6 Å². The average Bonchev–Trinajstić information content (AvgIpc) is 2.76. The Balaban J connectivity index is 1.62. The van der Waals surface area contributed by atoms with Crippen LogP contribution < -0.4 is 10.6 Å². The zero-order valence-electron chi connectivity index (χ0n) is 17.5. The van der Waals surface area contributed by atoms with Gasteiger partial charge in [-0.2, -0.15) is 0 Å². The third-order valence-corrected chi connectivity index (χ3v) is 5.84. The van der Waals surface area contributed by atoms with E-state index in [4.69, 9.17) is 11.6 Å². The fourth-order valence-electron chi connectivity index (χ4n) is 3.78. The van der Waals surface area contributed by atoms with Crippen LogP contribution in [0.1, 0.15) is 48.5 Å². The molecule has 2 aromatic carbocycles. The van der Waals surface area contributed by atoms with Gasteiger partial charge in [0.1, 0.15) is 0 Å². The Bertz CT molecular complexity index is 871. The first-order chi connectivity index (χ1) is 14.6. The molecule has 2 aromatic rings. The second-order valence-electron chi connectivity index (χ2n) is 7.81. The zero-order chi connectivity index (χ0) is 21.3. The molecule has 0 aromatic heterocycles. The van der Waals surface area contributed by atoms with Crippen molar-refractivity contribution in [1.82, 2.24) is 10.2 Å². The highest BCUT2D eigenvalue weighted by Crippen LogP contribution is 2.24. The van der Waals surface area contributed by atoms with E-state index in [-0.39, 0.29) is 17.7 Å². The number of hydrogen-bond acceptors (Lipinski definition) is 3. The van der Waals surface area contributed by atoms with E-state index in [1.807, 2.05) is 36.4 Å². The predicted molar refractivity (Wildman–Crippen MR) is 122 cm³/mol. The molecule has 1 atom stereocenters. The number of anilines is 1. The molecule has 1 aliphatic heterocycles. The van der Waals surface area contributed by atoms with Gasteiger partial charge in [-0.15, -0.1) is 0 Å². The van der Waals surface area contributed by atoms with Crippen molar-refractivity contribution in [3.05, 3.63) is 64.7 Å². The van der Waals surface area contributed by atoms with Crippen molar-refractivity contribution in [1.29, 1.82) is 0 Å². The Kier molecular flexibility index (Phi) is 8.29. The van der Waals surface area contributed by atoms with Crippen molar-refractivity contribution in [2.75, 3.05) is 25.0 Å². The fourth-order valence-corrected chi connectivity index (χ4v) is 3.98. The van der Waals surface area contributed by atoms with Gasteiger partial charge < -0.3 is 10.6 Å². The lowest BCUT2D eigenvalue weighted by Gasteiger charge is -2.32. The topological polar surface area (TPSA) is 61.4 Å². The van der Waals surface area contributed by atoms with E-state index >= 15 is 0 Å². The van der Waals surface area contributed by atoms with Gasteiger partial charge in [0, 0.05) is 24.7 Å². The summed E-state index contributed by atoms with van der Waals surface area (Å²) in [4.78, 5) is 27.8. The molecule has 0 saturated carbocycles. The highest BCUT2D eigenvalue weighted by molar-refractivity contribution is 6.31. The van der Waals surface area contributed by atoms with Gasteiger partial charge in [-0.3, -0.25) is 14.5 Å². The smallest absolute Gasteiger partial charge is 0.253 e. The standard InChI is InChI=1S/C24H30ClN3O2/c1-2-3-14-26-24(30)20-11-5-7-13-22(20)27-23(29)19-10-8-15-28(17-19)16-18-9-4-6-12-21(18)25/h4-7,9,11-13,19H,2-3,8,10,14-17H2,1H3,(H,26,30)(H,27,29)/t19-/m1/s1. The van der Waals surface area contributed by atoms with Crippen molar-refractivity contribution < 1.29 is 9.59 Å². The number of rotatable bonds is 8. The number of benzene rings is 2. The number of piperidine rings is 1. The van der Waals surface area contributed by atoms with Gasteiger partial charge in [-0.25, -0.2) is 0 Å². The van der Waals surface area contributed by atoms with Crippen molar-refractivity contribution in [2.24, 2.45) is 5.92 Å². The van der Waals surface area contributed by atoms with Gasteiger partial charge in [0.05, 0.1) is 17.2 Å². The van der Waals surface area contributed by atoms with Crippen LogP contribution in [0.4, 0.5) is 5.69 Å². The van der Waals surface area contributed by atoms with E-state index in [9.17, 15) is 9.59 Å². The molecule has 0 unspecified atom stereocenters. The summed E-state index contributed by atoms with van der Waals surface area (Å²) in [5.74, 6) is -0.298. The summed E-state index contributed by atoms with van der Waals surface area (Å²) >= 11 is 6.30. The summed E-state index contributed by atoms with van der Waals surface area (Å²) in [5.41, 5.74) is 2.15. The molecule has 1 saturated heterocycles. The molecule has 0 aliphatic carbocycles. The zero-order valence-corrected chi connectivity index (χ0v) is 18.3. The first-order valence-electron chi connectivity index (χ1n) is 10.7. The number of nitrogens with one attached hydrogen (secondary N) is 2. The summed E-state index contributed by atoms with van der Waals surface area (Å²) in [5, 5.41) is 6.67. The molecular weight excluding hydrogens is 398 g/mol. The summed E-state index contributed by atoms with van der Waals surface area (Å²) in [7, 11) is 0. The van der Waals surface area contributed by atoms with Gasteiger partial charge in [0.15, 0.2) is 0 Å². The van der Waals surface area contributed by atoms with Crippen LogP contribution in [-0.4, -0.2) is 36.3 Å². The normalized spacial score (nSPS) is 16.8. The molecular formula is C24H30ClN3O2. The number of likely N-dealkylation sites (tertiary alicyclic amines) is 1. The number of nitrogens with zero attached hydrogens (tertiary/aromatic N) is 1. The number of amides is 2. The van der Waals surface area contributed by atoms with Crippen molar-refractivity contribution >= 4 is 29.1 Å². The first-order valence-corrected chi connectivity index (χ1v) is 11.1. The van der Waals surface area contributed by atoms with Crippen LogP contribution in [-0.2, 0) is 11.3 Å². The van der Waals surface area contributed by atoms with Gasteiger partial charge in [0.25, 0.3) is 5.91 Å². The summed E-state index contributed by atoms with van der Waals surface area (Å²) in [6, 6.07) is 15.0. The first kappa shape index (κ1) is 22.3. The van der Waals surface area contributed by atoms with Crippen LogP contribution in [0, 0.1) is 5.92 Å². The summed E-state index contributed by atoms with van der Waals surface area (Å²) in [6.45, 7) is 5.09. The van der Waals surface area contributed by atoms with Gasteiger partial charge >= 0.3 is 0 Å². The van der Waals surface area contributed by atoms with Crippen LogP contribution in [0.2, 0.25) is 5.02 Å². The Morgan fingerprint density at radius 1 is 1.13 bits per heavy atom. The lowest BCUT2D eigenvalue weighted by Crippen LogP contribution is -2.40. The SMILES string of the molecule is CCCCNC(=O)c1ccccc1NC(=O)[C@@H]1CCCN(Cc2ccccc2Cl)C1. The highest BCUT2D eigenvalue weighted by atomic mass is 35.5. The number of halogens is 1. The van der Waals surface area contributed by atoms with Gasteiger partial charge in [-0.1, -0.05) is 55.3 Å². The Morgan fingerprint density at radius 2 is 1.90 bits per heavy atom. The molecule has 160 valence electrons. The van der Waals surface area contributed by atoms with E-state index in [0.29, 0.717) is 24.3 Å². The molecule has 1 fully saturated rings. The summed E-state index contributed by atoms with van der Waals surface area (Å²) in [6.07, 6.45) is 3.76.